The molecule has 0 amide bonds. The van der Waals surface area contributed by atoms with Gasteiger partial charge in [0.1, 0.15) is 11.2 Å². The number of aromatic amines is 4. The molecule has 0 bridgehead atoms. The number of aromatic nitrogens is 4. The van der Waals surface area contributed by atoms with Gasteiger partial charge in [0.05, 0.1) is 6.61 Å². The summed E-state index contributed by atoms with van der Waals surface area (Å²) < 4.78 is 0. The van der Waals surface area contributed by atoms with Crippen molar-refractivity contribution in [1.29, 1.82) is 0 Å². The number of nitrogens with one attached hydrogen (secondary N) is 4. The highest BCUT2D eigenvalue weighted by atomic mass is 16.2. The van der Waals surface area contributed by atoms with E-state index in [1.165, 1.54) is 11.1 Å². The fraction of sp³-hybridized carbons (Fsp3) is 0.400. The molecule has 2 aromatic rings. The summed E-state index contributed by atoms with van der Waals surface area (Å²) in [5.74, 6) is 0. The first kappa shape index (κ1) is 18.4. The molecule has 8 heteroatoms. The first-order chi connectivity index (χ1) is 10.8. The van der Waals surface area contributed by atoms with Crippen LogP contribution in [0, 0.1) is 0 Å². The number of fused-ring (bicyclic) bond motifs is 1. The van der Waals surface area contributed by atoms with Gasteiger partial charge in [-0.05, 0) is 33.6 Å². The van der Waals surface area contributed by atoms with Crippen LogP contribution in [0.2, 0.25) is 0 Å². The van der Waals surface area contributed by atoms with Gasteiger partial charge in [-0.3, -0.25) is 24.7 Å². The van der Waals surface area contributed by atoms with E-state index >= 15 is 0 Å². The van der Waals surface area contributed by atoms with Gasteiger partial charge in [-0.15, -0.1) is 0 Å². The van der Waals surface area contributed by atoms with Crippen molar-refractivity contribution in [2.24, 2.45) is 0 Å². The van der Waals surface area contributed by atoms with Crippen molar-refractivity contribution >= 4 is 11.2 Å². The molecule has 2 rings (SSSR count). The zero-order chi connectivity index (χ0) is 17.4. The van der Waals surface area contributed by atoms with Gasteiger partial charge >= 0.3 is 11.4 Å². The number of H-pyrrole nitrogens is 4. The van der Waals surface area contributed by atoms with E-state index in [2.05, 4.69) is 41.8 Å². The summed E-state index contributed by atoms with van der Waals surface area (Å²) >= 11 is 0. The van der Waals surface area contributed by atoms with Crippen LogP contribution in [0.25, 0.3) is 11.2 Å². The Morgan fingerprint density at radius 2 is 1.57 bits per heavy atom. The molecular weight excluding hydrogens is 300 g/mol. The Bertz CT molecular complexity index is 860. The van der Waals surface area contributed by atoms with Gasteiger partial charge in [0.2, 0.25) is 0 Å². The molecule has 0 aliphatic rings. The van der Waals surface area contributed by atoms with Crippen LogP contribution in [0.5, 0.6) is 0 Å². The lowest BCUT2D eigenvalue weighted by atomic mass is 10.1. The standard InChI is InChI=1S/C10H18O.C5H4N4O3/c1-9(2)5-4-6-10(3)7-8-11;10-3-1-2(7-4(11)6-1)8-5(12)9-3/h5,7,11H,4,6,8H2,1-3H3;(H4,6,7,8,9,10,11,12). The zero-order valence-electron chi connectivity index (χ0n) is 13.4. The molecule has 8 nitrogen and oxygen atoms in total. The van der Waals surface area contributed by atoms with E-state index in [1.54, 1.807) is 0 Å². The minimum Gasteiger partial charge on any atom is -0.392 e. The average molecular weight is 322 g/mol. The number of rotatable bonds is 4. The molecule has 0 unspecified atom stereocenters. The fourth-order valence-corrected chi connectivity index (χ4v) is 1.80. The minimum atomic E-state index is -0.650. The molecule has 0 spiro atoms. The quantitative estimate of drug-likeness (QED) is 0.534. The van der Waals surface area contributed by atoms with Crippen LogP contribution in [0.1, 0.15) is 33.6 Å². The van der Waals surface area contributed by atoms with Gasteiger partial charge < -0.3 is 5.11 Å². The Labute approximate surface area is 132 Å². The van der Waals surface area contributed by atoms with E-state index in [9.17, 15) is 14.4 Å². The number of aliphatic hydroxyl groups excluding tert-OH is 1. The van der Waals surface area contributed by atoms with E-state index in [-0.39, 0.29) is 17.8 Å². The third-order valence-corrected chi connectivity index (χ3v) is 2.95. The predicted molar refractivity (Wildman–Crippen MR) is 89.7 cm³/mol. The molecular formula is C15H22N4O4. The molecule has 0 atom stereocenters. The summed E-state index contributed by atoms with van der Waals surface area (Å²) in [6.45, 7) is 6.42. The molecule has 0 radical (unpaired) electrons. The molecule has 0 aliphatic heterocycles. The summed E-state index contributed by atoms with van der Waals surface area (Å²) in [4.78, 5) is 41.0. The van der Waals surface area contributed by atoms with Gasteiger partial charge in [0, 0.05) is 0 Å². The van der Waals surface area contributed by atoms with Crippen LogP contribution in [-0.4, -0.2) is 31.6 Å². The maximum absolute atomic E-state index is 10.9. The Kier molecular flexibility index (Phi) is 7.01. The lowest BCUT2D eigenvalue weighted by Gasteiger charge is -1.96. The van der Waals surface area contributed by atoms with Crippen LogP contribution in [-0.2, 0) is 0 Å². The van der Waals surface area contributed by atoms with Gasteiger partial charge in [0.25, 0.3) is 5.56 Å². The Morgan fingerprint density at radius 1 is 0.957 bits per heavy atom. The summed E-state index contributed by atoms with van der Waals surface area (Å²) in [5, 5.41) is 8.55. The Hall–Kier alpha value is -2.61. The second-order valence-corrected chi connectivity index (χ2v) is 5.29. The third kappa shape index (κ3) is 6.35. The number of allylic oxidation sites excluding steroid dienone is 3. The molecule has 0 aliphatic carbocycles. The first-order valence-corrected chi connectivity index (χ1v) is 7.18. The van der Waals surface area contributed by atoms with Gasteiger partial charge in [-0.2, -0.15) is 0 Å². The highest BCUT2D eigenvalue weighted by Crippen LogP contribution is 2.05. The normalized spacial score (nSPS) is 11.0. The maximum Gasteiger partial charge on any atom is 0.327 e. The molecule has 0 aromatic carbocycles. The smallest absolute Gasteiger partial charge is 0.327 e. The summed E-state index contributed by atoms with van der Waals surface area (Å²) in [5.41, 5.74) is 0.979. The number of imidazole rings is 1. The molecule has 5 N–H and O–H groups in total. The highest BCUT2D eigenvalue weighted by Gasteiger charge is 2.02. The van der Waals surface area contributed by atoms with Gasteiger partial charge in [-0.25, -0.2) is 9.59 Å². The maximum atomic E-state index is 10.9. The zero-order valence-corrected chi connectivity index (χ0v) is 13.4. The summed E-state index contributed by atoms with van der Waals surface area (Å²) in [7, 11) is 0. The number of aliphatic hydroxyl groups is 1. The van der Waals surface area contributed by atoms with E-state index < -0.39 is 16.9 Å². The molecule has 0 fully saturated rings. The third-order valence-electron chi connectivity index (χ3n) is 2.95. The number of hydrogen-bond donors (Lipinski definition) is 5. The van der Waals surface area contributed by atoms with Crippen molar-refractivity contribution in [3.8, 4) is 0 Å². The molecule has 2 heterocycles. The second kappa shape index (κ2) is 8.74. The molecule has 126 valence electrons. The van der Waals surface area contributed by atoms with Crippen molar-refractivity contribution in [1.82, 2.24) is 19.9 Å². The summed E-state index contributed by atoms with van der Waals surface area (Å²) in [6.07, 6.45) is 6.23. The lowest BCUT2D eigenvalue weighted by molar-refractivity contribution is 0.341. The molecule has 0 saturated heterocycles. The van der Waals surface area contributed by atoms with E-state index in [0.29, 0.717) is 0 Å². The monoisotopic (exact) mass is 322 g/mol. The molecule has 2 aromatic heterocycles. The van der Waals surface area contributed by atoms with E-state index in [0.717, 1.165) is 12.8 Å². The van der Waals surface area contributed by atoms with Crippen molar-refractivity contribution in [2.45, 2.75) is 33.6 Å². The molecule has 23 heavy (non-hydrogen) atoms. The van der Waals surface area contributed by atoms with Crippen molar-refractivity contribution in [2.75, 3.05) is 6.61 Å². The predicted octanol–water partition coefficient (Wildman–Crippen LogP) is 0.904. The Balaban J connectivity index is 0.000000232. The van der Waals surface area contributed by atoms with Gasteiger partial charge in [-0.1, -0.05) is 23.3 Å². The average Bonchev–Trinajstić information content (AvgIpc) is 2.80. The lowest BCUT2D eigenvalue weighted by Crippen LogP contribution is -2.21. The Morgan fingerprint density at radius 3 is 2.13 bits per heavy atom. The largest absolute Gasteiger partial charge is 0.392 e. The fourth-order valence-electron chi connectivity index (χ4n) is 1.80. The van der Waals surface area contributed by atoms with E-state index in [4.69, 9.17) is 5.11 Å². The van der Waals surface area contributed by atoms with Gasteiger partial charge in [0.15, 0.2) is 0 Å². The van der Waals surface area contributed by atoms with Crippen LogP contribution in [0.15, 0.2) is 37.7 Å². The first-order valence-electron chi connectivity index (χ1n) is 7.18. The topological polar surface area (TPSA) is 135 Å². The summed E-state index contributed by atoms with van der Waals surface area (Å²) in [6, 6.07) is 0. The highest BCUT2D eigenvalue weighted by molar-refractivity contribution is 5.67. The van der Waals surface area contributed by atoms with E-state index in [1.807, 2.05) is 11.1 Å². The van der Waals surface area contributed by atoms with Crippen LogP contribution in [0.3, 0.4) is 0 Å². The van der Waals surface area contributed by atoms with Crippen LogP contribution >= 0.6 is 0 Å². The SMILES string of the molecule is CC(C)=CCCC(C)=CCO.O=c1[nH]c(=O)c2[nH]c(=O)[nH]c2[nH]1. The van der Waals surface area contributed by atoms with Crippen LogP contribution < -0.4 is 16.9 Å². The number of hydrogen-bond acceptors (Lipinski definition) is 4. The van der Waals surface area contributed by atoms with Crippen LogP contribution in [0.4, 0.5) is 0 Å². The van der Waals surface area contributed by atoms with Crippen molar-refractivity contribution in [3.05, 3.63) is 54.6 Å². The minimum absolute atomic E-state index is 0.0413. The molecule has 0 saturated carbocycles. The second-order valence-electron chi connectivity index (χ2n) is 5.29. The van der Waals surface area contributed by atoms with Crippen molar-refractivity contribution < 1.29 is 5.11 Å². The van der Waals surface area contributed by atoms with Crippen molar-refractivity contribution in [3.63, 3.8) is 0 Å².